The zero-order chi connectivity index (χ0) is 15.7. The Labute approximate surface area is 134 Å². The number of aliphatic hydroxyl groups excluding tert-OH is 1. The molecular weight excluding hydrogens is 324 g/mol. The van der Waals surface area contributed by atoms with E-state index in [4.69, 9.17) is 11.6 Å². The van der Waals surface area contributed by atoms with E-state index < -0.39 is 10.0 Å². The quantitative estimate of drug-likeness (QED) is 0.899. The molecule has 7 heteroatoms. The second kappa shape index (κ2) is 6.12. The van der Waals surface area contributed by atoms with Crippen molar-refractivity contribution in [2.24, 2.45) is 0 Å². The number of aromatic nitrogens is 1. The van der Waals surface area contributed by atoms with Crippen LogP contribution in [0.4, 0.5) is 0 Å². The van der Waals surface area contributed by atoms with Crippen molar-refractivity contribution in [1.82, 2.24) is 9.71 Å². The third-order valence-corrected chi connectivity index (χ3v) is 5.87. The minimum Gasteiger partial charge on any atom is -0.393 e. The Kier molecular flexibility index (Phi) is 4.36. The highest BCUT2D eigenvalue weighted by atomic mass is 35.5. The number of aliphatic hydroxyl groups is 1. The van der Waals surface area contributed by atoms with Crippen LogP contribution in [0.1, 0.15) is 25.7 Å². The van der Waals surface area contributed by atoms with Crippen LogP contribution in [0.5, 0.6) is 0 Å². The number of pyridine rings is 1. The Morgan fingerprint density at radius 2 is 1.91 bits per heavy atom. The largest absolute Gasteiger partial charge is 0.393 e. The molecule has 2 aromatic rings. The van der Waals surface area contributed by atoms with Gasteiger partial charge in [-0.1, -0.05) is 11.6 Å². The van der Waals surface area contributed by atoms with Gasteiger partial charge < -0.3 is 5.11 Å². The Hall–Kier alpha value is -1.21. The number of sulfonamides is 1. The molecule has 3 rings (SSSR count). The maximum absolute atomic E-state index is 12.7. The SMILES string of the molecule is O=S(=O)(NC1CCC(O)CC1)c1ccc(Cl)c2ncccc12. The molecule has 1 aromatic heterocycles. The minimum absolute atomic E-state index is 0.143. The van der Waals surface area contributed by atoms with Gasteiger partial charge in [0.1, 0.15) is 0 Å². The highest BCUT2D eigenvalue weighted by Crippen LogP contribution is 2.28. The van der Waals surface area contributed by atoms with Gasteiger partial charge in [0.25, 0.3) is 0 Å². The van der Waals surface area contributed by atoms with Gasteiger partial charge in [-0.25, -0.2) is 13.1 Å². The summed E-state index contributed by atoms with van der Waals surface area (Å²) in [4.78, 5) is 4.34. The number of fused-ring (bicyclic) bond motifs is 1. The highest BCUT2D eigenvalue weighted by molar-refractivity contribution is 7.89. The molecular formula is C15H17ClN2O3S. The first-order valence-electron chi connectivity index (χ1n) is 7.21. The molecule has 1 saturated carbocycles. The molecule has 1 aliphatic carbocycles. The van der Waals surface area contributed by atoms with Gasteiger partial charge in [0.15, 0.2) is 0 Å². The number of rotatable bonds is 3. The topological polar surface area (TPSA) is 79.3 Å². The summed E-state index contributed by atoms with van der Waals surface area (Å²) < 4.78 is 28.1. The molecule has 0 aliphatic heterocycles. The van der Waals surface area contributed by atoms with E-state index in [0.29, 0.717) is 41.6 Å². The van der Waals surface area contributed by atoms with Gasteiger partial charge in [-0.2, -0.15) is 0 Å². The van der Waals surface area contributed by atoms with Crippen molar-refractivity contribution in [3.63, 3.8) is 0 Å². The zero-order valence-electron chi connectivity index (χ0n) is 11.9. The lowest BCUT2D eigenvalue weighted by atomic mass is 9.94. The summed E-state index contributed by atoms with van der Waals surface area (Å²) in [5.74, 6) is 0. The Balaban J connectivity index is 1.94. The fraction of sp³-hybridized carbons (Fsp3) is 0.400. The van der Waals surface area contributed by atoms with Crippen LogP contribution in [0.25, 0.3) is 10.9 Å². The molecule has 1 fully saturated rings. The molecule has 2 N–H and O–H groups in total. The average molecular weight is 341 g/mol. The molecule has 0 amide bonds. The van der Waals surface area contributed by atoms with E-state index >= 15 is 0 Å². The van der Waals surface area contributed by atoms with Crippen LogP contribution in [-0.2, 0) is 10.0 Å². The van der Waals surface area contributed by atoms with Crippen molar-refractivity contribution in [2.75, 3.05) is 0 Å². The van der Waals surface area contributed by atoms with Gasteiger partial charge in [0.2, 0.25) is 10.0 Å². The van der Waals surface area contributed by atoms with Crippen LogP contribution >= 0.6 is 11.6 Å². The summed E-state index contributed by atoms with van der Waals surface area (Å²) in [7, 11) is -3.65. The van der Waals surface area contributed by atoms with Crippen molar-refractivity contribution >= 4 is 32.5 Å². The van der Waals surface area contributed by atoms with Gasteiger partial charge in [0.05, 0.1) is 21.5 Å². The first-order chi connectivity index (χ1) is 10.5. The predicted molar refractivity (Wildman–Crippen MR) is 85.3 cm³/mol. The van der Waals surface area contributed by atoms with Crippen LogP contribution < -0.4 is 4.72 Å². The Morgan fingerprint density at radius 3 is 2.64 bits per heavy atom. The van der Waals surface area contributed by atoms with Crippen LogP contribution in [0.2, 0.25) is 5.02 Å². The fourth-order valence-electron chi connectivity index (χ4n) is 2.82. The molecule has 1 aliphatic rings. The summed E-state index contributed by atoms with van der Waals surface area (Å²) in [5, 5.41) is 10.5. The first kappa shape index (κ1) is 15.7. The summed E-state index contributed by atoms with van der Waals surface area (Å²) in [5.41, 5.74) is 0.478. The molecule has 0 radical (unpaired) electrons. The monoisotopic (exact) mass is 340 g/mol. The van der Waals surface area contributed by atoms with Crippen molar-refractivity contribution in [2.45, 2.75) is 42.7 Å². The van der Waals surface area contributed by atoms with Crippen LogP contribution in [-0.4, -0.2) is 30.7 Å². The van der Waals surface area contributed by atoms with Crippen molar-refractivity contribution < 1.29 is 13.5 Å². The van der Waals surface area contributed by atoms with Crippen LogP contribution in [0.3, 0.4) is 0 Å². The van der Waals surface area contributed by atoms with E-state index in [1.54, 1.807) is 24.4 Å². The average Bonchev–Trinajstić information content (AvgIpc) is 2.50. The number of hydrogen-bond donors (Lipinski definition) is 2. The second-order valence-corrected chi connectivity index (χ2v) is 7.66. The molecule has 0 saturated heterocycles. The number of nitrogens with one attached hydrogen (secondary N) is 1. The maximum Gasteiger partial charge on any atom is 0.241 e. The van der Waals surface area contributed by atoms with E-state index in [1.807, 2.05) is 0 Å². The fourth-order valence-corrected chi connectivity index (χ4v) is 4.54. The Morgan fingerprint density at radius 1 is 1.18 bits per heavy atom. The van der Waals surface area contributed by atoms with Gasteiger partial charge >= 0.3 is 0 Å². The standard InChI is InChI=1S/C15H17ClN2O3S/c16-13-7-8-14(12-2-1-9-17-15(12)13)22(20,21)18-10-3-5-11(19)6-4-10/h1-2,7-11,18-19H,3-6H2. The molecule has 0 spiro atoms. The second-order valence-electron chi connectivity index (χ2n) is 5.57. The first-order valence-corrected chi connectivity index (χ1v) is 9.07. The number of hydrogen-bond acceptors (Lipinski definition) is 4. The molecule has 1 heterocycles. The van der Waals surface area contributed by atoms with Gasteiger partial charge in [0, 0.05) is 17.6 Å². The molecule has 0 unspecified atom stereocenters. The summed E-state index contributed by atoms with van der Waals surface area (Å²) >= 11 is 6.08. The highest BCUT2D eigenvalue weighted by Gasteiger charge is 2.26. The molecule has 5 nitrogen and oxygen atoms in total. The molecule has 22 heavy (non-hydrogen) atoms. The van der Waals surface area contributed by atoms with E-state index in [0.717, 1.165) is 0 Å². The number of halogens is 1. The van der Waals surface area contributed by atoms with E-state index in [2.05, 4.69) is 9.71 Å². The predicted octanol–water partition coefficient (Wildman–Crippen LogP) is 2.47. The van der Waals surface area contributed by atoms with Crippen LogP contribution in [0, 0.1) is 0 Å². The number of benzene rings is 1. The van der Waals surface area contributed by atoms with Gasteiger partial charge in [-0.15, -0.1) is 0 Å². The number of nitrogens with zero attached hydrogens (tertiary/aromatic N) is 1. The molecule has 0 atom stereocenters. The van der Waals surface area contributed by atoms with Crippen LogP contribution in [0.15, 0.2) is 35.4 Å². The molecule has 0 bridgehead atoms. The zero-order valence-corrected chi connectivity index (χ0v) is 13.4. The third kappa shape index (κ3) is 3.10. The molecule has 118 valence electrons. The normalized spacial score (nSPS) is 22.8. The van der Waals surface area contributed by atoms with E-state index in [-0.39, 0.29) is 17.0 Å². The smallest absolute Gasteiger partial charge is 0.241 e. The van der Waals surface area contributed by atoms with Crippen molar-refractivity contribution in [3.8, 4) is 0 Å². The Bertz CT molecular complexity index is 786. The maximum atomic E-state index is 12.7. The van der Waals surface area contributed by atoms with Gasteiger partial charge in [-0.05, 0) is 49.9 Å². The van der Waals surface area contributed by atoms with Gasteiger partial charge in [-0.3, -0.25) is 4.98 Å². The lowest BCUT2D eigenvalue weighted by molar-refractivity contribution is 0.120. The minimum atomic E-state index is -3.65. The lowest BCUT2D eigenvalue weighted by Crippen LogP contribution is -2.38. The van der Waals surface area contributed by atoms with E-state index in [9.17, 15) is 13.5 Å². The van der Waals surface area contributed by atoms with E-state index in [1.165, 1.54) is 6.07 Å². The summed E-state index contributed by atoms with van der Waals surface area (Å²) in [6.07, 6.45) is 3.79. The third-order valence-electron chi connectivity index (χ3n) is 3.99. The molecule has 1 aromatic carbocycles. The summed E-state index contributed by atoms with van der Waals surface area (Å²) in [6.45, 7) is 0. The van der Waals surface area contributed by atoms with Crippen molar-refractivity contribution in [3.05, 3.63) is 35.5 Å². The lowest BCUT2D eigenvalue weighted by Gasteiger charge is -2.26. The summed E-state index contributed by atoms with van der Waals surface area (Å²) in [6, 6.07) is 6.31. The van der Waals surface area contributed by atoms with Crippen molar-refractivity contribution in [1.29, 1.82) is 0 Å².